The molecular formula is C18H14N2O2. The Bertz CT molecular complexity index is 778. The second-order valence-corrected chi connectivity index (χ2v) is 4.47. The normalized spacial score (nSPS) is 10.5. The van der Waals surface area contributed by atoms with Gasteiger partial charge in [-0.2, -0.15) is 10.5 Å². The lowest BCUT2D eigenvalue weighted by Crippen LogP contribution is -1.91. The predicted molar refractivity (Wildman–Crippen MR) is 84.2 cm³/mol. The SMILES string of the molecule is COc1ccc(/C=C(/C#N)c2ccc(C#N)cc2)cc1OC. The first-order valence-electron chi connectivity index (χ1n) is 6.56. The number of methoxy groups -OCH3 is 2. The molecule has 108 valence electrons. The highest BCUT2D eigenvalue weighted by Gasteiger charge is 2.06. The summed E-state index contributed by atoms with van der Waals surface area (Å²) in [5.41, 5.74) is 2.67. The van der Waals surface area contributed by atoms with E-state index in [2.05, 4.69) is 12.1 Å². The summed E-state index contributed by atoms with van der Waals surface area (Å²) in [7, 11) is 3.14. The van der Waals surface area contributed by atoms with E-state index >= 15 is 0 Å². The molecule has 0 aliphatic carbocycles. The van der Waals surface area contributed by atoms with Gasteiger partial charge in [-0.3, -0.25) is 0 Å². The van der Waals surface area contributed by atoms with Crippen molar-refractivity contribution in [3.8, 4) is 23.6 Å². The average Bonchev–Trinajstić information content (AvgIpc) is 2.59. The molecule has 0 aromatic heterocycles. The summed E-state index contributed by atoms with van der Waals surface area (Å²) in [4.78, 5) is 0. The van der Waals surface area contributed by atoms with Gasteiger partial charge in [-0.15, -0.1) is 0 Å². The van der Waals surface area contributed by atoms with Gasteiger partial charge in [0.15, 0.2) is 11.5 Å². The van der Waals surface area contributed by atoms with Crippen molar-refractivity contribution in [3.63, 3.8) is 0 Å². The van der Waals surface area contributed by atoms with E-state index in [0.717, 1.165) is 11.1 Å². The van der Waals surface area contributed by atoms with Crippen LogP contribution in [0.1, 0.15) is 16.7 Å². The molecule has 0 saturated heterocycles. The third kappa shape index (κ3) is 3.26. The van der Waals surface area contributed by atoms with Gasteiger partial charge in [0.05, 0.1) is 37.5 Å². The Labute approximate surface area is 129 Å². The molecule has 2 rings (SSSR count). The van der Waals surface area contributed by atoms with Crippen LogP contribution in [0.4, 0.5) is 0 Å². The molecule has 2 aromatic carbocycles. The number of allylic oxidation sites excluding steroid dienone is 1. The lowest BCUT2D eigenvalue weighted by atomic mass is 10.0. The maximum Gasteiger partial charge on any atom is 0.161 e. The van der Waals surface area contributed by atoms with Crippen molar-refractivity contribution in [2.45, 2.75) is 0 Å². The molecule has 0 saturated carbocycles. The minimum Gasteiger partial charge on any atom is -0.493 e. The first-order chi connectivity index (χ1) is 10.7. The van der Waals surface area contributed by atoms with E-state index < -0.39 is 0 Å². The van der Waals surface area contributed by atoms with E-state index in [4.69, 9.17) is 14.7 Å². The van der Waals surface area contributed by atoms with Crippen molar-refractivity contribution >= 4 is 11.6 Å². The fraction of sp³-hybridized carbons (Fsp3) is 0.111. The topological polar surface area (TPSA) is 66.0 Å². The number of hydrogen-bond acceptors (Lipinski definition) is 4. The van der Waals surface area contributed by atoms with Gasteiger partial charge in [-0.1, -0.05) is 18.2 Å². The molecule has 0 bridgehead atoms. The molecule has 22 heavy (non-hydrogen) atoms. The van der Waals surface area contributed by atoms with Gasteiger partial charge in [0.2, 0.25) is 0 Å². The maximum atomic E-state index is 9.36. The Balaban J connectivity index is 2.40. The first kappa shape index (κ1) is 15.2. The van der Waals surface area contributed by atoms with E-state index in [-0.39, 0.29) is 0 Å². The standard InChI is InChI=1S/C18H14N2O2/c1-21-17-8-5-14(10-18(17)22-2)9-16(12-20)15-6-3-13(11-19)4-7-15/h3-10H,1-2H3/b16-9-. The highest BCUT2D eigenvalue weighted by molar-refractivity contribution is 5.89. The summed E-state index contributed by atoms with van der Waals surface area (Å²) >= 11 is 0. The Morgan fingerprint density at radius 1 is 0.955 bits per heavy atom. The van der Waals surface area contributed by atoms with Crippen LogP contribution in [0.3, 0.4) is 0 Å². The van der Waals surface area contributed by atoms with E-state index in [0.29, 0.717) is 22.6 Å². The van der Waals surface area contributed by atoms with E-state index in [1.165, 1.54) is 0 Å². The molecular weight excluding hydrogens is 276 g/mol. The van der Waals surface area contributed by atoms with Gasteiger partial charge in [0.25, 0.3) is 0 Å². The first-order valence-corrected chi connectivity index (χ1v) is 6.56. The molecule has 0 radical (unpaired) electrons. The number of nitriles is 2. The molecule has 0 spiro atoms. The fourth-order valence-electron chi connectivity index (χ4n) is 2.01. The summed E-state index contributed by atoms with van der Waals surface area (Å²) in [5.74, 6) is 1.24. The van der Waals surface area contributed by atoms with Crippen LogP contribution < -0.4 is 9.47 Å². The van der Waals surface area contributed by atoms with Crippen LogP contribution in [-0.2, 0) is 0 Å². The minimum atomic E-state index is 0.511. The van der Waals surface area contributed by atoms with Crippen molar-refractivity contribution in [2.75, 3.05) is 14.2 Å². The van der Waals surface area contributed by atoms with Gasteiger partial charge in [-0.25, -0.2) is 0 Å². The second-order valence-electron chi connectivity index (χ2n) is 4.47. The van der Waals surface area contributed by atoms with Gasteiger partial charge in [-0.05, 0) is 41.5 Å². The minimum absolute atomic E-state index is 0.511. The van der Waals surface area contributed by atoms with Crippen LogP contribution in [0.5, 0.6) is 11.5 Å². The molecule has 4 heteroatoms. The van der Waals surface area contributed by atoms with E-state index in [1.807, 2.05) is 6.07 Å². The lowest BCUT2D eigenvalue weighted by molar-refractivity contribution is 0.355. The molecule has 0 atom stereocenters. The lowest BCUT2D eigenvalue weighted by Gasteiger charge is -2.08. The number of rotatable bonds is 4. The molecule has 0 aliphatic heterocycles. The summed E-state index contributed by atoms with van der Waals surface area (Å²) in [6, 6.07) is 16.6. The molecule has 0 amide bonds. The van der Waals surface area contributed by atoms with Crippen molar-refractivity contribution in [1.82, 2.24) is 0 Å². The molecule has 0 heterocycles. The highest BCUT2D eigenvalue weighted by Crippen LogP contribution is 2.29. The number of nitrogens with zero attached hydrogens (tertiary/aromatic N) is 2. The summed E-state index contributed by atoms with van der Waals surface area (Å²) in [6.07, 6.45) is 1.77. The van der Waals surface area contributed by atoms with Crippen molar-refractivity contribution in [2.24, 2.45) is 0 Å². The Kier molecular flexibility index (Phi) is 4.80. The fourth-order valence-corrected chi connectivity index (χ4v) is 2.01. The van der Waals surface area contributed by atoms with Crippen molar-refractivity contribution in [1.29, 1.82) is 10.5 Å². The molecule has 0 unspecified atom stereocenters. The van der Waals surface area contributed by atoms with E-state index in [9.17, 15) is 5.26 Å². The number of hydrogen-bond donors (Lipinski definition) is 0. The summed E-state index contributed by atoms with van der Waals surface area (Å²) in [5, 5.41) is 18.2. The number of benzene rings is 2. The third-order valence-corrected chi connectivity index (χ3v) is 3.16. The summed E-state index contributed by atoms with van der Waals surface area (Å²) < 4.78 is 10.4. The molecule has 2 aromatic rings. The van der Waals surface area contributed by atoms with Crippen LogP contribution in [0.25, 0.3) is 11.6 Å². The van der Waals surface area contributed by atoms with Crippen LogP contribution in [0, 0.1) is 22.7 Å². The molecule has 0 fully saturated rings. The van der Waals surface area contributed by atoms with E-state index in [1.54, 1.807) is 56.7 Å². The highest BCUT2D eigenvalue weighted by atomic mass is 16.5. The number of ether oxygens (including phenoxy) is 2. The predicted octanol–water partition coefficient (Wildman–Crippen LogP) is 3.64. The smallest absolute Gasteiger partial charge is 0.161 e. The van der Waals surface area contributed by atoms with Gasteiger partial charge in [0, 0.05) is 0 Å². The molecule has 0 N–H and O–H groups in total. The summed E-state index contributed by atoms with van der Waals surface area (Å²) in [6.45, 7) is 0. The quantitative estimate of drug-likeness (QED) is 0.637. The average molecular weight is 290 g/mol. The molecule has 0 aliphatic rings. The van der Waals surface area contributed by atoms with Crippen LogP contribution in [-0.4, -0.2) is 14.2 Å². The third-order valence-electron chi connectivity index (χ3n) is 3.16. The Morgan fingerprint density at radius 2 is 1.64 bits per heavy atom. The molecule has 4 nitrogen and oxygen atoms in total. The zero-order chi connectivity index (χ0) is 15.9. The van der Waals surface area contributed by atoms with Gasteiger partial charge >= 0.3 is 0 Å². The second kappa shape index (κ2) is 6.97. The van der Waals surface area contributed by atoms with Crippen LogP contribution >= 0.6 is 0 Å². The largest absolute Gasteiger partial charge is 0.493 e. The monoisotopic (exact) mass is 290 g/mol. The van der Waals surface area contributed by atoms with Gasteiger partial charge < -0.3 is 9.47 Å². The van der Waals surface area contributed by atoms with Crippen LogP contribution in [0.15, 0.2) is 42.5 Å². The van der Waals surface area contributed by atoms with Crippen molar-refractivity contribution in [3.05, 3.63) is 59.2 Å². The zero-order valence-corrected chi connectivity index (χ0v) is 12.3. The maximum absolute atomic E-state index is 9.36. The van der Waals surface area contributed by atoms with Crippen molar-refractivity contribution < 1.29 is 9.47 Å². The Hall–Kier alpha value is -3.24. The zero-order valence-electron chi connectivity index (χ0n) is 12.3. The van der Waals surface area contributed by atoms with Crippen LogP contribution in [0.2, 0.25) is 0 Å². The van der Waals surface area contributed by atoms with Gasteiger partial charge in [0.1, 0.15) is 0 Å². The Morgan fingerprint density at radius 3 is 2.18 bits per heavy atom.